The van der Waals surface area contributed by atoms with Crippen LogP contribution in [0.4, 0.5) is 0 Å². The molecule has 0 saturated carbocycles. The number of rotatable bonds is 1. The molecule has 2 heterocycles. The third-order valence-electron chi connectivity index (χ3n) is 3.18. The van der Waals surface area contributed by atoms with Gasteiger partial charge in [-0.3, -0.25) is 4.79 Å². The first-order chi connectivity index (χ1) is 6.16. The second-order valence-electron chi connectivity index (χ2n) is 4.38. The van der Waals surface area contributed by atoms with Crippen LogP contribution >= 0.6 is 0 Å². The Morgan fingerprint density at radius 3 is 2.77 bits per heavy atom. The lowest BCUT2D eigenvalue weighted by atomic mass is 9.94. The van der Waals surface area contributed by atoms with Crippen LogP contribution in [0.2, 0.25) is 0 Å². The SMILES string of the molecule is CC(C)N1C(=O)CCC12CCOC2. The van der Waals surface area contributed by atoms with Crippen molar-refractivity contribution in [2.75, 3.05) is 13.2 Å². The van der Waals surface area contributed by atoms with Gasteiger partial charge in [-0.2, -0.15) is 0 Å². The summed E-state index contributed by atoms with van der Waals surface area (Å²) in [5, 5.41) is 0. The average Bonchev–Trinajstić information content (AvgIpc) is 2.61. The van der Waals surface area contributed by atoms with Crippen LogP contribution in [0.1, 0.15) is 33.1 Å². The van der Waals surface area contributed by atoms with Crippen molar-refractivity contribution < 1.29 is 9.53 Å². The molecule has 2 aliphatic rings. The second kappa shape index (κ2) is 2.98. The van der Waals surface area contributed by atoms with Crippen LogP contribution in [-0.4, -0.2) is 35.6 Å². The smallest absolute Gasteiger partial charge is 0.223 e. The molecule has 2 aliphatic heterocycles. The summed E-state index contributed by atoms with van der Waals surface area (Å²) in [5.41, 5.74) is 0.0608. The fraction of sp³-hybridized carbons (Fsp3) is 0.900. The predicted octanol–water partition coefficient (Wildman–Crippen LogP) is 1.18. The zero-order valence-corrected chi connectivity index (χ0v) is 8.38. The quantitative estimate of drug-likeness (QED) is 0.611. The molecule has 1 atom stereocenters. The minimum absolute atomic E-state index is 0.0608. The lowest BCUT2D eigenvalue weighted by molar-refractivity contribution is -0.133. The van der Waals surface area contributed by atoms with Crippen LogP contribution in [0, 0.1) is 0 Å². The molecular weight excluding hydrogens is 166 g/mol. The van der Waals surface area contributed by atoms with Gasteiger partial charge in [0.15, 0.2) is 0 Å². The minimum Gasteiger partial charge on any atom is -0.379 e. The number of carbonyl (C=O) groups excluding carboxylic acids is 1. The van der Waals surface area contributed by atoms with Crippen LogP contribution in [0.25, 0.3) is 0 Å². The Labute approximate surface area is 79.0 Å². The van der Waals surface area contributed by atoms with Crippen molar-refractivity contribution in [2.24, 2.45) is 0 Å². The summed E-state index contributed by atoms with van der Waals surface area (Å²) < 4.78 is 5.42. The number of hydrogen-bond donors (Lipinski definition) is 0. The summed E-state index contributed by atoms with van der Waals surface area (Å²) >= 11 is 0. The van der Waals surface area contributed by atoms with Crippen molar-refractivity contribution >= 4 is 5.91 Å². The van der Waals surface area contributed by atoms with Gasteiger partial charge < -0.3 is 9.64 Å². The summed E-state index contributed by atoms with van der Waals surface area (Å²) in [5.74, 6) is 0.306. The third-order valence-corrected chi connectivity index (χ3v) is 3.18. The van der Waals surface area contributed by atoms with E-state index in [4.69, 9.17) is 4.74 Å². The molecule has 3 nitrogen and oxygen atoms in total. The highest BCUT2D eigenvalue weighted by Crippen LogP contribution is 2.38. The molecule has 2 rings (SSSR count). The van der Waals surface area contributed by atoms with Crippen molar-refractivity contribution in [3.05, 3.63) is 0 Å². The highest BCUT2D eigenvalue weighted by Gasteiger charge is 2.48. The first kappa shape index (κ1) is 9.00. The van der Waals surface area contributed by atoms with Crippen LogP contribution in [0.5, 0.6) is 0 Å². The van der Waals surface area contributed by atoms with Gasteiger partial charge in [0.2, 0.25) is 5.91 Å². The molecule has 0 aromatic heterocycles. The van der Waals surface area contributed by atoms with E-state index in [0.29, 0.717) is 18.4 Å². The number of likely N-dealkylation sites (tertiary alicyclic amines) is 1. The number of ether oxygens (including phenoxy) is 1. The largest absolute Gasteiger partial charge is 0.379 e. The van der Waals surface area contributed by atoms with Gasteiger partial charge in [0.25, 0.3) is 0 Å². The maximum Gasteiger partial charge on any atom is 0.223 e. The Balaban J connectivity index is 2.23. The maximum atomic E-state index is 11.6. The van der Waals surface area contributed by atoms with Gasteiger partial charge in [-0.15, -0.1) is 0 Å². The molecule has 0 aliphatic carbocycles. The fourth-order valence-corrected chi connectivity index (χ4v) is 2.66. The van der Waals surface area contributed by atoms with E-state index in [9.17, 15) is 4.79 Å². The highest BCUT2D eigenvalue weighted by atomic mass is 16.5. The molecule has 0 bridgehead atoms. The summed E-state index contributed by atoms with van der Waals surface area (Å²) in [4.78, 5) is 13.7. The molecule has 3 heteroatoms. The molecule has 2 saturated heterocycles. The Kier molecular flexibility index (Phi) is 2.06. The van der Waals surface area contributed by atoms with Crippen LogP contribution in [-0.2, 0) is 9.53 Å². The molecule has 0 radical (unpaired) electrons. The van der Waals surface area contributed by atoms with E-state index in [1.807, 2.05) is 4.90 Å². The monoisotopic (exact) mass is 183 g/mol. The third kappa shape index (κ3) is 1.26. The van der Waals surface area contributed by atoms with Gasteiger partial charge in [0, 0.05) is 19.1 Å². The number of hydrogen-bond acceptors (Lipinski definition) is 2. The Bertz CT molecular complexity index is 219. The fourth-order valence-electron chi connectivity index (χ4n) is 2.66. The molecule has 74 valence electrons. The summed E-state index contributed by atoms with van der Waals surface area (Å²) in [6.07, 6.45) is 2.72. The average molecular weight is 183 g/mol. The molecule has 13 heavy (non-hydrogen) atoms. The van der Waals surface area contributed by atoms with E-state index >= 15 is 0 Å². The van der Waals surface area contributed by atoms with Crippen LogP contribution < -0.4 is 0 Å². The van der Waals surface area contributed by atoms with Gasteiger partial charge in [0.1, 0.15) is 0 Å². The molecular formula is C10H17NO2. The van der Waals surface area contributed by atoms with Gasteiger partial charge in [-0.05, 0) is 26.7 Å². The molecule has 1 amide bonds. The van der Waals surface area contributed by atoms with Crippen molar-refractivity contribution in [1.82, 2.24) is 4.90 Å². The molecule has 0 aromatic rings. The molecule has 0 aromatic carbocycles. The molecule has 2 fully saturated rings. The standard InChI is InChI=1S/C10H17NO2/c1-8(2)11-9(12)3-4-10(11)5-6-13-7-10/h8H,3-7H2,1-2H3. The first-order valence-electron chi connectivity index (χ1n) is 5.06. The Hall–Kier alpha value is -0.570. The van der Waals surface area contributed by atoms with E-state index < -0.39 is 0 Å². The van der Waals surface area contributed by atoms with Gasteiger partial charge in [0.05, 0.1) is 12.1 Å². The topological polar surface area (TPSA) is 29.5 Å². The van der Waals surface area contributed by atoms with E-state index in [-0.39, 0.29) is 5.54 Å². The predicted molar refractivity (Wildman–Crippen MR) is 49.4 cm³/mol. The van der Waals surface area contributed by atoms with E-state index in [1.54, 1.807) is 0 Å². The molecule has 0 N–H and O–H groups in total. The van der Waals surface area contributed by atoms with Gasteiger partial charge in [-0.1, -0.05) is 0 Å². The Morgan fingerprint density at radius 2 is 2.23 bits per heavy atom. The van der Waals surface area contributed by atoms with Crippen LogP contribution in [0.3, 0.4) is 0 Å². The van der Waals surface area contributed by atoms with Crippen molar-refractivity contribution in [3.8, 4) is 0 Å². The first-order valence-corrected chi connectivity index (χ1v) is 5.06. The maximum absolute atomic E-state index is 11.6. The zero-order chi connectivity index (χ0) is 9.47. The number of nitrogens with zero attached hydrogens (tertiary/aromatic N) is 1. The Morgan fingerprint density at radius 1 is 1.46 bits per heavy atom. The molecule has 1 unspecified atom stereocenters. The van der Waals surface area contributed by atoms with E-state index in [1.165, 1.54) is 0 Å². The zero-order valence-electron chi connectivity index (χ0n) is 8.38. The normalized spacial score (nSPS) is 34.1. The lowest BCUT2D eigenvalue weighted by Crippen LogP contribution is -2.49. The van der Waals surface area contributed by atoms with Gasteiger partial charge >= 0.3 is 0 Å². The lowest BCUT2D eigenvalue weighted by Gasteiger charge is -2.36. The summed E-state index contributed by atoms with van der Waals surface area (Å²) in [7, 11) is 0. The van der Waals surface area contributed by atoms with Crippen molar-refractivity contribution in [1.29, 1.82) is 0 Å². The number of amides is 1. The number of carbonyl (C=O) groups is 1. The van der Waals surface area contributed by atoms with Crippen molar-refractivity contribution in [2.45, 2.75) is 44.7 Å². The van der Waals surface area contributed by atoms with Gasteiger partial charge in [-0.25, -0.2) is 0 Å². The highest BCUT2D eigenvalue weighted by molar-refractivity contribution is 5.80. The summed E-state index contributed by atoms with van der Waals surface area (Å²) in [6.45, 7) is 5.74. The van der Waals surface area contributed by atoms with Crippen LogP contribution in [0.15, 0.2) is 0 Å². The van der Waals surface area contributed by atoms with E-state index in [2.05, 4.69) is 13.8 Å². The van der Waals surface area contributed by atoms with E-state index in [0.717, 1.165) is 26.1 Å². The summed E-state index contributed by atoms with van der Waals surface area (Å²) in [6, 6.07) is 0.316. The van der Waals surface area contributed by atoms with Crippen molar-refractivity contribution in [3.63, 3.8) is 0 Å². The second-order valence-corrected chi connectivity index (χ2v) is 4.38. The minimum atomic E-state index is 0.0608. The molecule has 1 spiro atoms.